The standard InChI is InChI=1S/C12H20N4O/c1-3-8(4-2)6-15-11-5-9(12(14)17)10(13)7-16-11/h5,7-8H,3-4,6,13H2,1-2H3,(H2,14,17)(H,15,16). The average molecular weight is 236 g/mol. The number of amides is 1. The van der Waals surface area contributed by atoms with Crippen molar-refractivity contribution in [3.8, 4) is 0 Å². The molecule has 5 nitrogen and oxygen atoms in total. The van der Waals surface area contributed by atoms with Crippen LogP contribution in [-0.4, -0.2) is 17.4 Å². The fourth-order valence-electron chi connectivity index (χ4n) is 1.60. The fraction of sp³-hybridized carbons (Fsp3) is 0.500. The predicted octanol–water partition coefficient (Wildman–Crippen LogP) is 1.61. The summed E-state index contributed by atoms with van der Waals surface area (Å²) in [6.45, 7) is 5.14. The first-order chi connectivity index (χ1) is 8.08. The van der Waals surface area contributed by atoms with Crippen LogP contribution in [0.15, 0.2) is 12.3 Å². The number of hydrogen-bond donors (Lipinski definition) is 3. The van der Waals surface area contributed by atoms with Crippen LogP contribution in [0.25, 0.3) is 0 Å². The van der Waals surface area contributed by atoms with E-state index in [1.807, 2.05) is 0 Å². The molecule has 5 N–H and O–H groups in total. The van der Waals surface area contributed by atoms with Crippen molar-refractivity contribution >= 4 is 17.4 Å². The van der Waals surface area contributed by atoms with E-state index in [9.17, 15) is 4.79 Å². The number of nitrogen functional groups attached to an aromatic ring is 1. The molecule has 0 spiro atoms. The zero-order valence-corrected chi connectivity index (χ0v) is 10.4. The lowest BCUT2D eigenvalue weighted by Gasteiger charge is -2.14. The average Bonchev–Trinajstić information content (AvgIpc) is 2.32. The molecule has 0 aliphatic heterocycles. The monoisotopic (exact) mass is 236 g/mol. The third-order valence-corrected chi connectivity index (χ3v) is 2.93. The fourth-order valence-corrected chi connectivity index (χ4v) is 1.60. The van der Waals surface area contributed by atoms with Crippen molar-refractivity contribution in [2.75, 3.05) is 17.6 Å². The SMILES string of the molecule is CCC(CC)CNc1cc(C(N)=O)c(N)cn1. The van der Waals surface area contributed by atoms with E-state index in [4.69, 9.17) is 11.5 Å². The van der Waals surface area contributed by atoms with Crippen molar-refractivity contribution < 1.29 is 4.79 Å². The third-order valence-electron chi connectivity index (χ3n) is 2.93. The minimum absolute atomic E-state index is 0.311. The maximum atomic E-state index is 11.1. The summed E-state index contributed by atoms with van der Waals surface area (Å²) >= 11 is 0. The Bertz CT molecular complexity index is 388. The van der Waals surface area contributed by atoms with Gasteiger partial charge in [-0.25, -0.2) is 4.98 Å². The van der Waals surface area contributed by atoms with Gasteiger partial charge in [0.05, 0.1) is 17.4 Å². The van der Waals surface area contributed by atoms with Crippen molar-refractivity contribution in [3.05, 3.63) is 17.8 Å². The van der Waals surface area contributed by atoms with Gasteiger partial charge in [0.2, 0.25) is 0 Å². The molecule has 0 radical (unpaired) electrons. The number of nitrogens with zero attached hydrogens (tertiary/aromatic N) is 1. The van der Waals surface area contributed by atoms with Crippen LogP contribution in [0.4, 0.5) is 11.5 Å². The predicted molar refractivity (Wildman–Crippen MR) is 69.7 cm³/mol. The van der Waals surface area contributed by atoms with Crippen molar-refractivity contribution in [1.82, 2.24) is 4.98 Å². The van der Waals surface area contributed by atoms with Gasteiger partial charge in [0.15, 0.2) is 0 Å². The number of primary amides is 1. The second-order valence-electron chi connectivity index (χ2n) is 4.08. The summed E-state index contributed by atoms with van der Waals surface area (Å²) in [7, 11) is 0. The highest BCUT2D eigenvalue weighted by Crippen LogP contribution is 2.15. The summed E-state index contributed by atoms with van der Waals surface area (Å²) in [6.07, 6.45) is 3.68. The van der Waals surface area contributed by atoms with Gasteiger partial charge in [-0.3, -0.25) is 4.79 Å². The molecule has 0 atom stereocenters. The van der Waals surface area contributed by atoms with Crippen LogP contribution in [0.3, 0.4) is 0 Å². The topological polar surface area (TPSA) is 94.0 Å². The molecule has 0 saturated carbocycles. The summed E-state index contributed by atoms with van der Waals surface area (Å²) in [4.78, 5) is 15.2. The smallest absolute Gasteiger partial charge is 0.250 e. The van der Waals surface area contributed by atoms with Gasteiger partial charge in [0.25, 0.3) is 5.91 Å². The Kier molecular flexibility index (Phi) is 4.75. The first-order valence-electron chi connectivity index (χ1n) is 5.87. The highest BCUT2D eigenvalue weighted by molar-refractivity contribution is 5.98. The lowest BCUT2D eigenvalue weighted by Crippen LogP contribution is -2.17. The Morgan fingerprint density at radius 1 is 1.47 bits per heavy atom. The molecule has 1 heterocycles. The van der Waals surface area contributed by atoms with Gasteiger partial charge in [0.1, 0.15) is 5.82 Å². The molecule has 94 valence electrons. The van der Waals surface area contributed by atoms with Gasteiger partial charge in [-0.2, -0.15) is 0 Å². The molecule has 1 aromatic heterocycles. The Morgan fingerprint density at radius 3 is 2.65 bits per heavy atom. The molecular formula is C12H20N4O. The number of rotatable bonds is 6. The number of nitrogens with two attached hydrogens (primary N) is 2. The van der Waals surface area contributed by atoms with Crippen molar-refractivity contribution in [1.29, 1.82) is 0 Å². The molecular weight excluding hydrogens is 216 g/mol. The number of pyridine rings is 1. The van der Waals surface area contributed by atoms with Crippen molar-refractivity contribution in [2.24, 2.45) is 11.7 Å². The zero-order valence-electron chi connectivity index (χ0n) is 10.4. The number of nitrogens with one attached hydrogen (secondary N) is 1. The van der Waals surface area contributed by atoms with Gasteiger partial charge in [-0.15, -0.1) is 0 Å². The summed E-state index contributed by atoms with van der Waals surface area (Å²) < 4.78 is 0. The van der Waals surface area contributed by atoms with Crippen LogP contribution in [-0.2, 0) is 0 Å². The van der Waals surface area contributed by atoms with Gasteiger partial charge in [0, 0.05) is 6.54 Å². The number of anilines is 2. The summed E-state index contributed by atoms with van der Waals surface area (Å²) in [5, 5.41) is 3.19. The van der Waals surface area contributed by atoms with Crippen LogP contribution in [0.1, 0.15) is 37.0 Å². The van der Waals surface area contributed by atoms with E-state index in [0.717, 1.165) is 19.4 Å². The number of hydrogen-bond acceptors (Lipinski definition) is 4. The molecule has 0 aromatic carbocycles. The molecule has 0 fully saturated rings. The largest absolute Gasteiger partial charge is 0.397 e. The molecule has 1 amide bonds. The Morgan fingerprint density at radius 2 is 2.12 bits per heavy atom. The normalized spacial score (nSPS) is 10.5. The maximum Gasteiger partial charge on any atom is 0.250 e. The van der Waals surface area contributed by atoms with Gasteiger partial charge < -0.3 is 16.8 Å². The molecule has 0 saturated heterocycles. The van der Waals surface area contributed by atoms with E-state index < -0.39 is 5.91 Å². The maximum absolute atomic E-state index is 11.1. The van der Waals surface area contributed by atoms with Crippen molar-refractivity contribution in [2.45, 2.75) is 26.7 Å². The quantitative estimate of drug-likeness (QED) is 0.699. The molecule has 1 rings (SSSR count). The third kappa shape index (κ3) is 3.62. The van der Waals surface area contributed by atoms with E-state index in [1.165, 1.54) is 6.20 Å². The second kappa shape index (κ2) is 6.08. The molecule has 0 unspecified atom stereocenters. The summed E-state index contributed by atoms with van der Waals surface area (Å²) in [5.41, 5.74) is 11.4. The molecule has 5 heteroatoms. The van der Waals surface area contributed by atoms with Crippen LogP contribution in [0.5, 0.6) is 0 Å². The Hall–Kier alpha value is -1.78. The number of aromatic nitrogens is 1. The minimum atomic E-state index is -0.532. The van der Waals surface area contributed by atoms with Crippen LogP contribution in [0.2, 0.25) is 0 Å². The van der Waals surface area contributed by atoms with Gasteiger partial charge in [-0.05, 0) is 12.0 Å². The zero-order chi connectivity index (χ0) is 12.8. The highest BCUT2D eigenvalue weighted by atomic mass is 16.1. The molecule has 17 heavy (non-hydrogen) atoms. The van der Waals surface area contributed by atoms with E-state index in [-0.39, 0.29) is 0 Å². The van der Waals surface area contributed by atoms with Crippen LogP contribution in [0, 0.1) is 5.92 Å². The lowest BCUT2D eigenvalue weighted by molar-refractivity contribution is 0.100. The van der Waals surface area contributed by atoms with E-state index in [1.54, 1.807) is 6.07 Å². The first kappa shape index (κ1) is 13.3. The molecule has 0 aliphatic rings. The van der Waals surface area contributed by atoms with Gasteiger partial charge >= 0.3 is 0 Å². The summed E-state index contributed by atoms with van der Waals surface area (Å²) in [5.74, 6) is 0.710. The molecule has 0 bridgehead atoms. The van der Waals surface area contributed by atoms with E-state index >= 15 is 0 Å². The van der Waals surface area contributed by atoms with Gasteiger partial charge in [-0.1, -0.05) is 26.7 Å². The number of carbonyl (C=O) groups excluding carboxylic acids is 1. The number of carbonyl (C=O) groups is 1. The van der Waals surface area contributed by atoms with E-state index in [2.05, 4.69) is 24.1 Å². The Labute approximate surface area is 102 Å². The van der Waals surface area contributed by atoms with Crippen LogP contribution < -0.4 is 16.8 Å². The first-order valence-corrected chi connectivity index (χ1v) is 5.87. The summed E-state index contributed by atoms with van der Waals surface area (Å²) in [6, 6.07) is 1.60. The highest BCUT2D eigenvalue weighted by Gasteiger charge is 2.09. The molecule has 0 aliphatic carbocycles. The molecule has 1 aromatic rings. The minimum Gasteiger partial charge on any atom is -0.397 e. The lowest BCUT2D eigenvalue weighted by atomic mass is 10.0. The van der Waals surface area contributed by atoms with Crippen LogP contribution >= 0.6 is 0 Å². The van der Waals surface area contributed by atoms with E-state index in [0.29, 0.717) is 23.0 Å². The second-order valence-corrected chi connectivity index (χ2v) is 4.08. The van der Waals surface area contributed by atoms with Crippen molar-refractivity contribution in [3.63, 3.8) is 0 Å². The Balaban J connectivity index is 2.72.